The van der Waals surface area contributed by atoms with Crippen LogP contribution >= 0.6 is 0 Å². The minimum absolute atomic E-state index is 0.0429. The zero-order valence-corrected chi connectivity index (χ0v) is 10.8. The van der Waals surface area contributed by atoms with Gasteiger partial charge in [0.1, 0.15) is 6.10 Å². The van der Waals surface area contributed by atoms with Crippen LogP contribution in [0.15, 0.2) is 0 Å². The number of esters is 2. The van der Waals surface area contributed by atoms with E-state index in [1.807, 2.05) is 13.8 Å². The molecule has 0 bridgehead atoms. The number of hydrogen-bond acceptors (Lipinski definition) is 5. The molecule has 98 valence electrons. The third-order valence-electron chi connectivity index (χ3n) is 2.99. The molecule has 1 heterocycles. The molecule has 0 N–H and O–H groups in total. The van der Waals surface area contributed by atoms with Crippen LogP contribution in [0.1, 0.15) is 27.7 Å². The fourth-order valence-corrected chi connectivity index (χ4v) is 2.10. The summed E-state index contributed by atoms with van der Waals surface area (Å²) >= 11 is 0. The lowest BCUT2D eigenvalue weighted by Gasteiger charge is -2.23. The van der Waals surface area contributed by atoms with Gasteiger partial charge in [0.2, 0.25) is 0 Å². The van der Waals surface area contributed by atoms with Crippen LogP contribution in [0.2, 0.25) is 0 Å². The smallest absolute Gasteiger partial charge is 0.302 e. The molecule has 1 saturated heterocycles. The SMILES string of the molecule is CC(=O)OC[C@@H](C)[C@H]1OC[C@H](OC(C)=O)[C@@H]1C. The van der Waals surface area contributed by atoms with Crippen molar-refractivity contribution in [1.82, 2.24) is 0 Å². The second kappa shape index (κ2) is 6.00. The molecule has 0 aromatic carbocycles. The molecule has 0 aromatic heterocycles. The summed E-state index contributed by atoms with van der Waals surface area (Å²) in [6, 6.07) is 0. The summed E-state index contributed by atoms with van der Waals surface area (Å²) in [4.78, 5) is 21.6. The van der Waals surface area contributed by atoms with Gasteiger partial charge in [0.05, 0.1) is 19.3 Å². The molecule has 1 rings (SSSR count). The van der Waals surface area contributed by atoms with Gasteiger partial charge in [-0.3, -0.25) is 9.59 Å². The van der Waals surface area contributed by atoms with Gasteiger partial charge in [-0.05, 0) is 0 Å². The first kappa shape index (κ1) is 14.0. The lowest BCUT2D eigenvalue weighted by molar-refractivity contribution is -0.147. The van der Waals surface area contributed by atoms with Gasteiger partial charge in [0.25, 0.3) is 0 Å². The topological polar surface area (TPSA) is 61.8 Å². The van der Waals surface area contributed by atoms with Gasteiger partial charge < -0.3 is 14.2 Å². The average molecular weight is 244 g/mol. The first-order valence-electron chi connectivity index (χ1n) is 5.84. The van der Waals surface area contributed by atoms with E-state index in [1.54, 1.807) is 0 Å². The van der Waals surface area contributed by atoms with Gasteiger partial charge in [-0.1, -0.05) is 13.8 Å². The van der Waals surface area contributed by atoms with Crippen molar-refractivity contribution in [3.05, 3.63) is 0 Å². The van der Waals surface area contributed by atoms with Crippen LogP contribution in [0.5, 0.6) is 0 Å². The van der Waals surface area contributed by atoms with Gasteiger partial charge in [-0.25, -0.2) is 0 Å². The quantitative estimate of drug-likeness (QED) is 0.694. The van der Waals surface area contributed by atoms with E-state index in [2.05, 4.69) is 0 Å². The molecular weight excluding hydrogens is 224 g/mol. The molecule has 0 aliphatic carbocycles. The molecule has 1 fully saturated rings. The van der Waals surface area contributed by atoms with Crippen molar-refractivity contribution in [1.29, 1.82) is 0 Å². The molecule has 5 heteroatoms. The van der Waals surface area contributed by atoms with Gasteiger partial charge in [-0.2, -0.15) is 0 Å². The molecule has 0 radical (unpaired) electrons. The molecular formula is C12H20O5. The Morgan fingerprint density at radius 3 is 2.53 bits per heavy atom. The summed E-state index contributed by atoms with van der Waals surface area (Å²) in [6.07, 6.45) is -0.240. The molecule has 5 nitrogen and oxygen atoms in total. The van der Waals surface area contributed by atoms with Crippen LogP contribution in [0.25, 0.3) is 0 Å². The van der Waals surface area contributed by atoms with E-state index >= 15 is 0 Å². The fourth-order valence-electron chi connectivity index (χ4n) is 2.10. The lowest BCUT2D eigenvalue weighted by Crippen LogP contribution is -2.31. The molecule has 0 aromatic rings. The van der Waals surface area contributed by atoms with Crippen molar-refractivity contribution >= 4 is 11.9 Å². The molecule has 0 unspecified atom stereocenters. The van der Waals surface area contributed by atoms with E-state index in [1.165, 1.54) is 13.8 Å². The summed E-state index contributed by atoms with van der Waals surface area (Å²) in [7, 11) is 0. The number of carbonyl (C=O) groups excluding carboxylic acids is 2. The number of carbonyl (C=O) groups is 2. The maximum Gasteiger partial charge on any atom is 0.302 e. The highest BCUT2D eigenvalue weighted by atomic mass is 16.6. The summed E-state index contributed by atoms with van der Waals surface area (Å²) in [6.45, 7) is 7.46. The predicted molar refractivity (Wildman–Crippen MR) is 60.3 cm³/mol. The molecule has 17 heavy (non-hydrogen) atoms. The highest BCUT2D eigenvalue weighted by Gasteiger charge is 2.39. The number of hydrogen-bond donors (Lipinski definition) is 0. The zero-order chi connectivity index (χ0) is 13.0. The lowest BCUT2D eigenvalue weighted by atomic mass is 9.92. The Kier molecular flexibility index (Phi) is 4.93. The zero-order valence-electron chi connectivity index (χ0n) is 10.8. The third-order valence-corrected chi connectivity index (χ3v) is 2.99. The van der Waals surface area contributed by atoms with Gasteiger partial charge in [-0.15, -0.1) is 0 Å². The highest BCUT2D eigenvalue weighted by molar-refractivity contribution is 5.66. The Balaban J connectivity index is 2.45. The molecule has 0 amide bonds. The maximum atomic E-state index is 10.9. The normalized spacial score (nSPS) is 29.8. The molecule has 4 atom stereocenters. The molecule has 1 aliphatic heterocycles. The van der Waals surface area contributed by atoms with E-state index in [0.717, 1.165) is 0 Å². The second-order valence-corrected chi connectivity index (χ2v) is 4.58. The minimum atomic E-state index is -0.293. The summed E-state index contributed by atoms with van der Waals surface area (Å²) in [5.41, 5.74) is 0. The van der Waals surface area contributed by atoms with Gasteiger partial charge in [0.15, 0.2) is 0 Å². The Hall–Kier alpha value is -1.10. The molecule has 0 spiro atoms. The Morgan fingerprint density at radius 2 is 2.00 bits per heavy atom. The van der Waals surface area contributed by atoms with Crippen molar-refractivity contribution in [3.63, 3.8) is 0 Å². The minimum Gasteiger partial charge on any atom is -0.465 e. The first-order chi connectivity index (χ1) is 7.91. The summed E-state index contributed by atoms with van der Waals surface area (Å²) < 4.78 is 15.7. The van der Waals surface area contributed by atoms with Crippen molar-refractivity contribution in [2.45, 2.75) is 39.9 Å². The molecule has 0 saturated carbocycles. The number of rotatable bonds is 4. The Labute approximate surface area is 101 Å². The fraction of sp³-hybridized carbons (Fsp3) is 0.833. The second-order valence-electron chi connectivity index (χ2n) is 4.58. The van der Waals surface area contributed by atoms with E-state index in [-0.39, 0.29) is 36.0 Å². The van der Waals surface area contributed by atoms with E-state index in [9.17, 15) is 9.59 Å². The van der Waals surface area contributed by atoms with Crippen molar-refractivity contribution in [2.75, 3.05) is 13.2 Å². The van der Waals surface area contributed by atoms with Crippen molar-refractivity contribution in [3.8, 4) is 0 Å². The first-order valence-corrected chi connectivity index (χ1v) is 5.84. The Morgan fingerprint density at radius 1 is 1.35 bits per heavy atom. The molecule has 1 aliphatic rings. The largest absolute Gasteiger partial charge is 0.465 e. The highest BCUT2D eigenvalue weighted by Crippen LogP contribution is 2.29. The van der Waals surface area contributed by atoms with Crippen LogP contribution in [-0.4, -0.2) is 37.4 Å². The van der Waals surface area contributed by atoms with Crippen molar-refractivity contribution < 1.29 is 23.8 Å². The number of ether oxygens (including phenoxy) is 3. The van der Waals surface area contributed by atoms with Crippen LogP contribution in [0.4, 0.5) is 0 Å². The van der Waals surface area contributed by atoms with Crippen LogP contribution in [-0.2, 0) is 23.8 Å². The van der Waals surface area contributed by atoms with Crippen LogP contribution < -0.4 is 0 Å². The van der Waals surface area contributed by atoms with Gasteiger partial charge >= 0.3 is 11.9 Å². The predicted octanol–water partition coefficient (Wildman–Crippen LogP) is 1.15. The maximum absolute atomic E-state index is 10.9. The van der Waals surface area contributed by atoms with Gasteiger partial charge in [0, 0.05) is 25.7 Å². The monoisotopic (exact) mass is 244 g/mol. The van der Waals surface area contributed by atoms with E-state index in [4.69, 9.17) is 14.2 Å². The van der Waals surface area contributed by atoms with Crippen LogP contribution in [0, 0.1) is 11.8 Å². The van der Waals surface area contributed by atoms with E-state index < -0.39 is 0 Å². The average Bonchev–Trinajstić information content (AvgIpc) is 2.56. The summed E-state index contributed by atoms with van der Waals surface area (Å²) in [5, 5.41) is 0. The third kappa shape index (κ3) is 4.00. The Bertz CT molecular complexity index is 289. The standard InChI is InChI=1S/C12H20O5/c1-7(5-15-9(3)13)12-8(2)11(6-16-12)17-10(4)14/h7-8,11-12H,5-6H2,1-4H3/t7-,8+,11+,12-/m1/s1. The van der Waals surface area contributed by atoms with Crippen molar-refractivity contribution in [2.24, 2.45) is 11.8 Å². The van der Waals surface area contributed by atoms with E-state index in [0.29, 0.717) is 13.2 Å². The summed E-state index contributed by atoms with van der Waals surface area (Å²) in [5.74, 6) is -0.378. The van der Waals surface area contributed by atoms with Crippen LogP contribution in [0.3, 0.4) is 0 Å².